The Morgan fingerprint density at radius 2 is 2.10 bits per heavy atom. The molecule has 1 unspecified atom stereocenters. The lowest BCUT2D eigenvalue weighted by Crippen LogP contribution is -2.52. The Labute approximate surface area is 170 Å². The van der Waals surface area contributed by atoms with Crippen LogP contribution in [0, 0.1) is 5.92 Å². The van der Waals surface area contributed by atoms with E-state index in [9.17, 15) is 19.8 Å². The Hall–Kier alpha value is -2.11. The highest BCUT2D eigenvalue weighted by atomic mass is 35.5. The summed E-state index contributed by atoms with van der Waals surface area (Å²) in [5, 5.41) is 18.6. The molecule has 29 heavy (non-hydrogen) atoms. The second-order valence-corrected chi connectivity index (χ2v) is 7.57. The summed E-state index contributed by atoms with van der Waals surface area (Å²) < 4.78 is 22.2. The van der Waals surface area contributed by atoms with Gasteiger partial charge in [0, 0.05) is 12.0 Å². The number of esters is 1. The predicted molar refractivity (Wildman–Crippen MR) is 102 cm³/mol. The third-order valence-electron chi connectivity index (χ3n) is 4.71. The normalized spacial score (nSPS) is 15.9. The molecule has 2 aromatic rings. The van der Waals surface area contributed by atoms with E-state index in [1.165, 1.54) is 19.1 Å². The van der Waals surface area contributed by atoms with E-state index in [4.69, 9.17) is 36.0 Å². The summed E-state index contributed by atoms with van der Waals surface area (Å²) in [6.45, 7) is 1.55. The first-order valence-electron chi connectivity index (χ1n) is 9.00. The summed E-state index contributed by atoms with van der Waals surface area (Å²) in [5.41, 5.74) is 4.71. The van der Waals surface area contributed by atoms with Crippen molar-refractivity contribution in [1.29, 1.82) is 0 Å². The van der Waals surface area contributed by atoms with Gasteiger partial charge in [-0.2, -0.15) is 0 Å². The number of carbonyl (C=O) groups is 1. The molecule has 1 fully saturated rings. The van der Waals surface area contributed by atoms with Crippen LogP contribution in [0.1, 0.15) is 13.0 Å². The Morgan fingerprint density at radius 3 is 2.69 bits per heavy atom. The van der Waals surface area contributed by atoms with Crippen LogP contribution >= 0.6 is 11.6 Å². The van der Waals surface area contributed by atoms with Crippen molar-refractivity contribution in [3.05, 3.63) is 27.7 Å². The van der Waals surface area contributed by atoms with Gasteiger partial charge < -0.3 is 34.6 Å². The third kappa shape index (κ3) is 4.57. The molecule has 1 saturated heterocycles. The highest BCUT2D eigenvalue weighted by molar-refractivity contribution is 6.32. The molecule has 1 aromatic carbocycles. The molecular formula is C18H23ClN2O8. The number of nitrogens with zero attached hydrogens (tertiary/aromatic N) is 1. The number of hydrogen-bond donors (Lipinski definition) is 3. The predicted octanol–water partition coefficient (Wildman–Crippen LogP) is 0.0594. The van der Waals surface area contributed by atoms with Crippen LogP contribution in [0.4, 0.5) is 0 Å². The molecule has 10 nitrogen and oxygen atoms in total. The van der Waals surface area contributed by atoms with E-state index in [-0.39, 0.29) is 10.6 Å². The van der Waals surface area contributed by atoms with Gasteiger partial charge in [-0.3, -0.25) is 4.57 Å². The molecule has 0 spiro atoms. The molecule has 3 rings (SSSR count). The summed E-state index contributed by atoms with van der Waals surface area (Å²) in [6.07, 6.45) is 0. The number of fused-ring (bicyclic) bond motifs is 1. The highest BCUT2D eigenvalue weighted by Gasteiger charge is 2.29. The molecule has 0 radical (unpaired) electrons. The molecule has 1 atom stereocenters. The first kappa shape index (κ1) is 21.6. The fraction of sp³-hybridized carbons (Fsp3) is 0.556. The zero-order valence-corrected chi connectivity index (χ0v) is 16.6. The average molecular weight is 431 g/mol. The lowest BCUT2D eigenvalue weighted by molar-refractivity contribution is -0.150. The Bertz CT molecular complexity index is 932. The number of oxazole rings is 1. The molecule has 11 heteroatoms. The number of halogens is 1. The number of nitrogens with two attached hydrogens (primary N) is 1. The number of aromatic nitrogens is 1. The molecule has 0 amide bonds. The number of rotatable bonds is 9. The maximum absolute atomic E-state index is 12.4. The fourth-order valence-corrected chi connectivity index (χ4v) is 2.90. The second kappa shape index (κ2) is 8.72. The zero-order chi connectivity index (χ0) is 21.2. The Morgan fingerprint density at radius 1 is 1.41 bits per heavy atom. The van der Waals surface area contributed by atoms with E-state index in [0.29, 0.717) is 37.0 Å². The van der Waals surface area contributed by atoms with Crippen LogP contribution in [0.5, 0.6) is 5.75 Å². The van der Waals surface area contributed by atoms with Crippen LogP contribution in [0.15, 0.2) is 21.3 Å². The molecule has 4 N–H and O–H groups in total. The molecule has 1 aromatic heterocycles. The molecule has 1 aliphatic rings. The molecule has 0 bridgehead atoms. The van der Waals surface area contributed by atoms with E-state index in [1.807, 2.05) is 0 Å². The zero-order valence-electron chi connectivity index (χ0n) is 15.8. The summed E-state index contributed by atoms with van der Waals surface area (Å²) in [6, 6.07) is 1.92. The van der Waals surface area contributed by atoms with Crippen molar-refractivity contribution in [3.63, 3.8) is 0 Å². The van der Waals surface area contributed by atoms with Crippen molar-refractivity contribution in [2.45, 2.75) is 18.5 Å². The van der Waals surface area contributed by atoms with E-state index < -0.39 is 43.1 Å². The number of ether oxygens (including phenoxy) is 3. The molecule has 2 heterocycles. The molecule has 160 valence electrons. The summed E-state index contributed by atoms with van der Waals surface area (Å²) in [4.78, 5) is 24.7. The second-order valence-electron chi connectivity index (χ2n) is 7.17. The number of aliphatic hydroxyl groups excluding tert-OH is 2. The summed E-state index contributed by atoms with van der Waals surface area (Å²) >= 11 is 6.27. The first-order valence-corrected chi connectivity index (χ1v) is 9.38. The van der Waals surface area contributed by atoms with Crippen LogP contribution in [0.3, 0.4) is 0 Å². The van der Waals surface area contributed by atoms with Crippen LogP contribution < -0.4 is 16.2 Å². The van der Waals surface area contributed by atoms with Gasteiger partial charge >= 0.3 is 11.7 Å². The van der Waals surface area contributed by atoms with Gasteiger partial charge in [0.05, 0.1) is 49.1 Å². The Kier molecular flexibility index (Phi) is 6.49. The quantitative estimate of drug-likeness (QED) is 0.470. The van der Waals surface area contributed by atoms with Crippen LogP contribution in [0.25, 0.3) is 11.1 Å². The standard InChI is InChI=1S/C18H23ClN2O8/c1-10(16(24)28-9-18(20,7-22)8-23)21-13-2-12(19)14(3-15(13)29-17(21)25)27-6-11-4-26-5-11/h2-3,10-11,22-23H,4-9,20H2,1H3. The first-order chi connectivity index (χ1) is 13.8. The highest BCUT2D eigenvalue weighted by Crippen LogP contribution is 2.31. The van der Waals surface area contributed by atoms with Crippen molar-refractivity contribution in [1.82, 2.24) is 4.57 Å². The molecular weight excluding hydrogens is 408 g/mol. The summed E-state index contributed by atoms with van der Waals surface area (Å²) in [5.74, 6) is -0.900. The number of aliphatic hydroxyl groups is 2. The number of benzene rings is 1. The van der Waals surface area contributed by atoms with Gasteiger partial charge in [0.25, 0.3) is 0 Å². The minimum Gasteiger partial charge on any atom is -0.491 e. The fourth-order valence-electron chi connectivity index (χ4n) is 2.68. The maximum Gasteiger partial charge on any atom is 0.420 e. The van der Waals surface area contributed by atoms with Crippen molar-refractivity contribution < 1.29 is 33.6 Å². The van der Waals surface area contributed by atoms with E-state index >= 15 is 0 Å². The smallest absolute Gasteiger partial charge is 0.420 e. The Balaban J connectivity index is 1.79. The van der Waals surface area contributed by atoms with Gasteiger partial charge in [0.1, 0.15) is 18.4 Å². The largest absolute Gasteiger partial charge is 0.491 e. The van der Waals surface area contributed by atoms with E-state index in [0.717, 1.165) is 4.57 Å². The topological polar surface area (TPSA) is 146 Å². The lowest BCUT2D eigenvalue weighted by Gasteiger charge is -2.25. The van der Waals surface area contributed by atoms with Gasteiger partial charge in [-0.05, 0) is 13.0 Å². The monoisotopic (exact) mass is 430 g/mol. The molecule has 0 saturated carbocycles. The third-order valence-corrected chi connectivity index (χ3v) is 5.00. The van der Waals surface area contributed by atoms with Gasteiger partial charge in [-0.15, -0.1) is 0 Å². The molecule has 0 aliphatic carbocycles. The van der Waals surface area contributed by atoms with Gasteiger partial charge in [0.2, 0.25) is 0 Å². The molecule has 1 aliphatic heterocycles. The number of carbonyl (C=O) groups excluding carboxylic acids is 1. The maximum atomic E-state index is 12.4. The minimum atomic E-state index is -1.47. The van der Waals surface area contributed by atoms with E-state index in [1.54, 1.807) is 0 Å². The van der Waals surface area contributed by atoms with Crippen molar-refractivity contribution in [2.75, 3.05) is 39.6 Å². The van der Waals surface area contributed by atoms with Crippen molar-refractivity contribution in [3.8, 4) is 5.75 Å². The number of hydrogen-bond acceptors (Lipinski definition) is 9. The van der Waals surface area contributed by atoms with Gasteiger partial charge in [-0.25, -0.2) is 9.59 Å². The SMILES string of the molecule is CC(C(=O)OCC(N)(CO)CO)n1c(=O)oc2cc(OCC3COC3)c(Cl)cc21. The minimum absolute atomic E-state index is 0.206. The van der Waals surface area contributed by atoms with Crippen molar-refractivity contribution in [2.24, 2.45) is 11.7 Å². The van der Waals surface area contributed by atoms with Crippen LogP contribution in [-0.4, -0.2) is 65.9 Å². The van der Waals surface area contributed by atoms with E-state index in [2.05, 4.69) is 0 Å². The van der Waals surface area contributed by atoms with Crippen LogP contribution in [-0.2, 0) is 14.3 Å². The van der Waals surface area contributed by atoms with Crippen molar-refractivity contribution >= 4 is 28.7 Å². The van der Waals surface area contributed by atoms with Gasteiger partial charge in [-0.1, -0.05) is 11.6 Å². The lowest BCUT2D eigenvalue weighted by atomic mass is 10.1. The average Bonchev–Trinajstić information content (AvgIpc) is 2.98. The van der Waals surface area contributed by atoms with Gasteiger partial charge in [0.15, 0.2) is 5.58 Å². The van der Waals surface area contributed by atoms with Crippen LogP contribution in [0.2, 0.25) is 5.02 Å². The summed E-state index contributed by atoms with van der Waals surface area (Å²) in [7, 11) is 0.